The number of nitrogens with zero attached hydrogens (tertiary/aromatic N) is 4. The van der Waals surface area contributed by atoms with Gasteiger partial charge in [0.2, 0.25) is 0 Å². The van der Waals surface area contributed by atoms with Crippen molar-refractivity contribution in [2.24, 2.45) is 0 Å². The Kier molecular flexibility index (Phi) is 6.18. The fourth-order valence-electron chi connectivity index (χ4n) is 3.33. The molecule has 4 rings (SSSR count). The lowest BCUT2D eigenvalue weighted by molar-refractivity contribution is 0.687. The second-order valence-electron chi connectivity index (χ2n) is 6.89. The van der Waals surface area contributed by atoms with Crippen LogP contribution in [0.4, 0.5) is 0 Å². The van der Waals surface area contributed by atoms with E-state index < -0.39 is 0 Å². The first kappa shape index (κ1) is 20.3. The van der Waals surface area contributed by atoms with E-state index >= 15 is 0 Å². The Bertz CT molecular complexity index is 1110. The molecule has 0 bridgehead atoms. The smallest absolute Gasteiger partial charge is 0.191 e. The predicted octanol–water partition coefficient (Wildman–Crippen LogP) is 6.62. The van der Waals surface area contributed by atoms with Gasteiger partial charge in [0.25, 0.3) is 0 Å². The summed E-state index contributed by atoms with van der Waals surface area (Å²) in [6, 6.07) is 8.54. The van der Waals surface area contributed by atoms with E-state index in [-0.39, 0.29) is 0 Å². The van der Waals surface area contributed by atoms with Crippen LogP contribution >= 0.6 is 34.4 Å². The van der Waals surface area contributed by atoms with E-state index in [1.54, 1.807) is 34.4 Å². The molecule has 0 amide bonds. The molecule has 0 aliphatic carbocycles. The lowest BCUT2D eigenvalue weighted by atomic mass is 10.1. The average molecular weight is 441 g/mol. The van der Waals surface area contributed by atoms with Gasteiger partial charge < -0.3 is 4.57 Å². The maximum absolute atomic E-state index is 4.82. The summed E-state index contributed by atoms with van der Waals surface area (Å²) >= 11 is 5.20. The zero-order chi connectivity index (χ0) is 20.4. The Labute approximate surface area is 184 Å². The fraction of sp³-hybridized carbons (Fsp3) is 0.318. The van der Waals surface area contributed by atoms with Gasteiger partial charge in [-0.05, 0) is 32.8 Å². The molecule has 0 saturated heterocycles. The van der Waals surface area contributed by atoms with Gasteiger partial charge in [-0.25, -0.2) is 4.98 Å². The second kappa shape index (κ2) is 8.81. The molecule has 0 aliphatic rings. The van der Waals surface area contributed by atoms with Gasteiger partial charge in [-0.2, -0.15) is 0 Å². The first-order chi connectivity index (χ1) is 14.1. The van der Waals surface area contributed by atoms with E-state index in [4.69, 9.17) is 4.98 Å². The summed E-state index contributed by atoms with van der Waals surface area (Å²) < 4.78 is 2.22. The summed E-state index contributed by atoms with van der Waals surface area (Å²) in [6.45, 7) is 9.50. The van der Waals surface area contributed by atoms with E-state index in [0.717, 1.165) is 40.4 Å². The van der Waals surface area contributed by atoms with E-state index in [2.05, 4.69) is 77.5 Å². The Hall–Kier alpha value is -1.96. The molecular weight excluding hydrogens is 416 g/mol. The van der Waals surface area contributed by atoms with Crippen molar-refractivity contribution in [3.63, 3.8) is 0 Å². The Morgan fingerprint density at radius 2 is 1.79 bits per heavy atom. The summed E-state index contributed by atoms with van der Waals surface area (Å²) in [7, 11) is 0. The molecule has 0 radical (unpaired) electrons. The van der Waals surface area contributed by atoms with Crippen molar-refractivity contribution in [1.29, 1.82) is 0 Å². The molecule has 150 valence electrons. The van der Waals surface area contributed by atoms with Crippen LogP contribution in [0.15, 0.2) is 40.2 Å². The molecule has 0 unspecified atom stereocenters. The van der Waals surface area contributed by atoms with Crippen molar-refractivity contribution in [2.75, 3.05) is 0 Å². The number of aromatic nitrogens is 4. The summed E-state index contributed by atoms with van der Waals surface area (Å²) in [4.78, 5) is 6.19. The second-order valence-corrected chi connectivity index (χ2v) is 9.77. The molecule has 0 fully saturated rings. The van der Waals surface area contributed by atoms with Crippen LogP contribution in [0.5, 0.6) is 0 Å². The van der Waals surface area contributed by atoms with Crippen molar-refractivity contribution < 1.29 is 0 Å². The molecule has 0 N–H and O–H groups in total. The Morgan fingerprint density at radius 3 is 2.52 bits per heavy atom. The van der Waals surface area contributed by atoms with Crippen LogP contribution in [-0.4, -0.2) is 19.7 Å². The molecule has 4 nitrogen and oxygen atoms in total. The SMILES string of the molecule is CCc1c(-c2nnc(SCc3csc(-c4ccc(C)cc4)n3)n2CC)csc1C. The number of hydrogen-bond acceptors (Lipinski definition) is 6. The number of thiazole rings is 1. The zero-order valence-corrected chi connectivity index (χ0v) is 19.5. The molecule has 29 heavy (non-hydrogen) atoms. The van der Waals surface area contributed by atoms with E-state index in [9.17, 15) is 0 Å². The highest BCUT2D eigenvalue weighted by molar-refractivity contribution is 7.98. The Morgan fingerprint density at radius 1 is 1.00 bits per heavy atom. The fourth-order valence-corrected chi connectivity index (χ4v) is 6.09. The number of thiophene rings is 1. The third kappa shape index (κ3) is 4.17. The number of hydrogen-bond donors (Lipinski definition) is 0. The minimum Gasteiger partial charge on any atom is -0.302 e. The van der Waals surface area contributed by atoms with Gasteiger partial charge in [0.05, 0.1) is 5.69 Å². The third-order valence-electron chi connectivity index (χ3n) is 4.93. The molecule has 0 spiro atoms. The molecule has 0 atom stereocenters. The summed E-state index contributed by atoms with van der Waals surface area (Å²) in [6.07, 6.45) is 1.02. The topological polar surface area (TPSA) is 43.6 Å². The van der Waals surface area contributed by atoms with Gasteiger partial charge in [-0.15, -0.1) is 32.9 Å². The lowest BCUT2D eigenvalue weighted by Crippen LogP contribution is -2.00. The standard InChI is InChI=1S/C22H24N4S3/c1-5-18-15(4)27-13-19(18)20-24-25-22(26(20)6-2)29-12-17-11-28-21(23-17)16-9-7-14(3)8-10-16/h7-11,13H,5-6,12H2,1-4H3. The van der Waals surface area contributed by atoms with E-state index in [1.807, 2.05) is 0 Å². The highest BCUT2D eigenvalue weighted by atomic mass is 32.2. The van der Waals surface area contributed by atoms with Crippen molar-refractivity contribution in [3.05, 3.63) is 56.7 Å². The van der Waals surface area contributed by atoms with Crippen LogP contribution in [0.25, 0.3) is 22.0 Å². The molecule has 7 heteroatoms. The monoisotopic (exact) mass is 440 g/mol. The maximum atomic E-state index is 4.82. The van der Waals surface area contributed by atoms with Gasteiger partial charge in [0.15, 0.2) is 11.0 Å². The summed E-state index contributed by atoms with van der Waals surface area (Å²) in [5, 5.41) is 15.4. The summed E-state index contributed by atoms with van der Waals surface area (Å²) in [5.41, 5.74) is 6.14. The minimum atomic E-state index is 0.795. The van der Waals surface area contributed by atoms with Crippen molar-refractivity contribution in [2.45, 2.75) is 51.6 Å². The van der Waals surface area contributed by atoms with E-state index in [1.165, 1.54) is 27.1 Å². The van der Waals surface area contributed by atoms with Gasteiger partial charge in [0, 0.05) is 39.1 Å². The molecule has 1 aromatic carbocycles. The van der Waals surface area contributed by atoms with Gasteiger partial charge >= 0.3 is 0 Å². The zero-order valence-electron chi connectivity index (χ0n) is 17.1. The average Bonchev–Trinajstić information content (AvgIpc) is 3.44. The van der Waals surface area contributed by atoms with Gasteiger partial charge in [-0.3, -0.25) is 0 Å². The van der Waals surface area contributed by atoms with Crippen LogP contribution in [-0.2, 0) is 18.7 Å². The summed E-state index contributed by atoms with van der Waals surface area (Å²) in [5.74, 6) is 1.78. The molecule has 0 saturated carbocycles. The normalized spacial score (nSPS) is 11.3. The molecule has 3 aromatic heterocycles. The van der Waals surface area contributed by atoms with Crippen LogP contribution in [0.2, 0.25) is 0 Å². The highest BCUT2D eigenvalue weighted by Gasteiger charge is 2.18. The largest absolute Gasteiger partial charge is 0.302 e. The van der Waals surface area contributed by atoms with Crippen LogP contribution in [0, 0.1) is 13.8 Å². The molecule has 0 aliphatic heterocycles. The van der Waals surface area contributed by atoms with Crippen molar-refractivity contribution in [1.82, 2.24) is 19.7 Å². The van der Waals surface area contributed by atoms with Crippen LogP contribution < -0.4 is 0 Å². The maximum Gasteiger partial charge on any atom is 0.191 e. The minimum absolute atomic E-state index is 0.795. The number of aryl methyl sites for hydroxylation is 2. The highest BCUT2D eigenvalue weighted by Crippen LogP contribution is 2.33. The number of benzene rings is 1. The molecule has 4 aromatic rings. The quantitative estimate of drug-likeness (QED) is 0.303. The predicted molar refractivity (Wildman–Crippen MR) is 125 cm³/mol. The first-order valence-corrected chi connectivity index (χ1v) is 12.5. The van der Waals surface area contributed by atoms with Gasteiger partial charge in [0.1, 0.15) is 5.01 Å². The third-order valence-corrected chi connectivity index (χ3v) is 7.82. The molecular formula is C22H24N4S3. The van der Waals surface area contributed by atoms with Crippen LogP contribution in [0.1, 0.15) is 35.5 Å². The lowest BCUT2D eigenvalue weighted by Gasteiger charge is -2.07. The van der Waals surface area contributed by atoms with Crippen molar-refractivity contribution in [3.8, 4) is 22.0 Å². The molecule has 3 heterocycles. The number of thioether (sulfide) groups is 1. The van der Waals surface area contributed by atoms with Gasteiger partial charge in [-0.1, -0.05) is 48.5 Å². The van der Waals surface area contributed by atoms with Crippen molar-refractivity contribution >= 4 is 34.4 Å². The van der Waals surface area contributed by atoms with Crippen LogP contribution in [0.3, 0.4) is 0 Å². The van der Waals surface area contributed by atoms with E-state index in [0.29, 0.717) is 0 Å². The first-order valence-electron chi connectivity index (χ1n) is 9.75. The Balaban J connectivity index is 1.52. The number of rotatable bonds is 7.